The SMILES string of the molecule is O=C(NC1CCCC(C(F)(F)F)C1)c1ccncc1. The second-order valence-corrected chi connectivity index (χ2v) is 4.81. The molecule has 2 rings (SSSR count). The van der Waals surface area contributed by atoms with Gasteiger partial charge in [-0.3, -0.25) is 9.78 Å². The van der Waals surface area contributed by atoms with Crippen LogP contribution in [0.25, 0.3) is 0 Å². The monoisotopic (exact) mass is 272 g/mol. The van der Waals surface area contributed by atoms with E-state index in [0.717, 1.165) is 0 Å². The van der Waals surface area contributed by atoms with Crippen molar-refractivity contribution in [3.8, 4) is 0 Å². The average molecular weight is 272 g/mol. The zero-order chi connectivity index (χ0) is 13.9. The van der Waals surface area contributed by atoms with Crippen LogP contribution < -0.4 is 5.32 Å². The molecule has 19 heavy (non-hydrogen) atoms. The highest BCUT2D eigenvalue weighted by Gasteiger charge is 2.42. The van der Waals surface area contributed by atoms with Crippen LogP contribution in [0.15, 0.2) is 24.5 Å². The molecule has 1 aromatic rings. The molecule has 2 atom stereocenters. The molecular formula is C13H15F3N2O. The standard InChI is InChI=1S/C13H15F3N2O/c14-13(15,16)10-2-1-3-11(8-10)18-12(19)9-4-6-17-7-5-9/h4-7,10-11H,1-3,8H2,(H,18,19). The molecule has 0 radical (unpaired) electrons. The Hall–Kier alpha value is -1.59. The van der Waals surface area contributed by atoms with E-state index in [1.54, 1.807) is 12.1 Å². The number of hydrogen-bond acceptors (Lipinski definition) is 2. The van der Waals surface area contributed by atoms with Gasteiger partial charge >= 0.3 is 6.18 Å². The highest BCUT2D eigenvalue weighted by molar-refractivity contribution is 5.94. The zero-order valence-corrected chi connectivity index (χ0v) is 10.3. The first-order valence-electron chi connectivity index (χ1n) is 6.24. The molecule has 6 heteroatoms. The summed E-state index contributed by atoms with van der Waals surface area (Å²) in [5.74, 6) is -1.64. The van der Waals surface area contributed by atoms with Crippen LogP contribution in [0.5, 0.6) is 0 Å². The summed E-state index contributed by atoms with van der Waals surface area (Å²) in [4.78, 5) is 15.6. The lowest BCUT2D eigenvalue weighted by atomic mass is 9.85. The molecule has 1 aliphatic carbocycles. The molecule has 0 aliphatic heterocycles. The van der Waals surface area contributed by atoms with Gasteiger partial charge in [-0.1, -0.05) is 6.42 Å². The Morgan fingerprint density at radius 1 is 1.26 bits per heavy atom. The number of aromatic nitrogens is 1. The van der Waals surface area contributed by atoms with E-state index in [-0.39, 0.29) is 18.7 Å². The first-order valence-corrected chi connectivity index (χ1v) is 6.24. The van der Waals surface area contributed by atoms with Gasteiger partial charge in [0.25, 0.3) is 5.91 Å². The Labute approximate surface area is 109 Å². The summed E-state index contributed by atoms with van der Waals surface area (Å²) < 4.78 is 38.0. The number of pyridine rings is 1. The number of amides is 1. The van der Waals surface area contributed by atoms with Crippen molar-refractivity contribution in [1.82, 2.24) is 10.3 Å². The normalized spacial score (nSPS) is 23.9. The molecule has 3 nitrogen and oxygen atoms in total. The maximum absolute atomic E-state index is 12.7. The van der Waals surface area contributed by atoms with E-state index in [1.165, 1.54) is 12.4 Å². The molecule has 0 saturated heterocycles. The number of halogens is 3. The fraction of sp³-hybridized carbons (Fsp3) is 0.538. The van der Waals surface area contributed by atoms with Gasteiger partial charge in [0.15, 0.2) is 0 Å². The van der Waals surface area contributed by atoms with Crippen molar-refractivity contribution < 1.29 is 18.0 Å². The molecule has 2 unspecified atom stereocenters. The van der Waals surface area contributed by atoms with E-state index in [9.17, 15) is 18.0 Å². The first kappa shape index (κ1) is 13.8. The summed E-state index contributed by atoms with van der Waals surface area (Å²) in [6, 6.07) is 2.68. The van der Waals surface area contributed by atoms with Crippen LogP contribution in [-0.2, 0) is 0 Å². The van der Waals surface area contributed by atoms with Crippen LogP contribution in [0.1, 0.15) is 36.0 Å². The summed E-state index contributed by atoms with van der Waals surface area (Å²) in [5.41, 5.74) is 0.420. The topological polar surface area (TPSA) is 42.0 Å². The predicted molar refractivity (Wildman–Crippen MR) is 63.5 cm³/mol. The Kier molecular flexibility index (Phi) is 4.07. The third kappa shape index (κ3) is 3.68. The second-order valence-electron chi connectivity index (χ2n) is 4.81. The number of rotatable bonds is 2. The highest BCUT2D eigenvalue weighted by atomic mass is 19.4. The highest BCUT2D eigenvalue weighted by Crippen LogP contribution is 2.37. The van der Waals surface area contributed by atoms with Gasteiger partial charge in [-0.15, -0.1) is 0 Å². The Morgan fingerprint density at radius 3 is 2.58 bits per heavy atom. The summed E-state index contributed by atoms with van der Waals surface area (Å²) in [5, 5.41) is 2.67. The van der Waals surface area contributed by atoms with E-state index >= 15 is 0 Å². The summed E-state index contributed by atoms with van der Waals surface area (Å²) in [6.07, 6.45) is 0.0169. The minimum atomic E-state index is -4.17. The van der Waals surface area contributed by atoms with Gasteiger partial charge in [0, 0.05) is 24.0 Å². The fourth-order valence-electron chi connectivity index (χ4n) is 2.39. The van der Waals surface area contributed by atoms with Crippen LogP contribution in [0.3, 0.4) is 0 Å². The van der Waals surface area contributed by atoms with Crippen molar-refractivity contribution in [2.75, 3.05) is 0 Å². The van der Waals surface area contributed by atoms with Crippen LogP contribution in [-0.4, -0.2) is 23.1 Å². The van der Waals surface area contributed by atoms with E-state index in [0.29, 0.717) is 18.4 Å². The van der Waals surface area contributed by atoms with Gasteiger partial charge in [0.2, 0.25) is 0 Å². The number of carbonyl (C=O) groups is 1. The quantitative estimate of drug-likeness (QED) is 0.899. The minimum Gasteiger partial charge on any atom is -0.349 e. The number of alkyl halides is 3. The van der Waals surface area contributed by atoms with E-state index < -0.39 is 18.1 Å². The Bertz CT molecular complexity index is 433. The van der Waals surface area contributed by atoms with Crippen molar-refractivity contribution in [2.45, 2.75) is 37.9 Å². The molecule has 0 spiro atoms. The number of carbonyl (C=O) groups excluding carboxylic acids is 1. The van der Waals surface area contributed by atoms with E-state index in [2.05, 4.69) is 10.3 Å². The molecule has 1 N–H and O–H groups in total. The molecule has 0 aromatic carbocycles. The fourth-order valence-corrected chi connectivity index (χ4v) is 2.39. The third-order valence-electron chi connectivity index (χ3n) is 3.41. The molecule has 1 aliphatic rings. The van der Waals surface area contributed by atoms with Gasteiger partial charge in [0.05, 0.1) is 5.92 Å². The molecule has 1 saturated carbocycles. The van der Waals surface area contributed by atoms with E-state index in [1.807, 2.05) is 0 Å². The van der Waals surface area contributed by atoms with Crippen molar-refractivity contribution in [3.05, 3.63) is 30.1 Å². The smallest absolute Gasteiger partial charge is 0.349 e. The number of nitrogens with one attached hydrogen (secondary N) is 1. The Morgan fingerprint density at radius 2 is 1.95 bits per heavy atom. The van der Waals surface area contributed by atoms with Gasteiger partial charge in [-0.05, 0) is 31.4 Å². The van der Waals surface area contributed by atoms with Gasteiger partial charge in [-0.25, -0.2) is 0 Å². The molecule has 1 heterocycles. The summed E-state index contributed by atoms with van der Waals surface area (Å²) in [7, 11) is 0. The van der Waals surface area contributed by atoms with Crippen molar-refractivity contribution >= 4 is 5.91 Å². The summed E-state index contributed by atoms with van der Waals surface area (Å²) >= 11 is 0. The minimum absolute atomic E-state index is 0.0275. The average Bonchev–Trinajstić information content (AvgIpc) is 2.39. The maximum atomic E-state index is 12.7. The molecule has 104 valence electrons. The van der Waals surface area contributed by atoms with Crippen molar-refractivity contribution in [2.24, 2.45) is 5.92 Å². The summed E-state index contributed by atoms with van der Waals surface area (Å²) in [6.45, 7) is 0. The van der Waals surface area contributed by atoms with Crippen LogP contribution in [0, 0.1) is 5.92 Å². The van der Waals surface area contributed by atoms with Crippen LogP contribution in [0.2, 0.25) is 0 Å². The third-order valence-corrected chi connectivity index (χ3v) is 3.41. The Balaban J connectivity index is 1.94. The second kappa shape index (κ2) is 5.59. The van der Waals surface area contributed by atoms with Gasteiger partial charge in [-0.2, -0.15) is 13.2 Å². The lowest BCUT2D eigenvalue weighted by Gasteiger charge is -2.31. The predicted octanol–water partition coefficient (Wildman–Crippen LogP) is 2.93. The number of hydrogen-bond donors (Lipinski definition) is 1. The molecule has 1 aromatic heterocycles. The lowest BCUT2D eigenvalue weighted by molar-refractivity contribution is -0.183. The van der Waals surface area contributed by atoms with Gasteiger partial charge < -0.3 is 5.32 Å². The van der Waals surface area contributed by atoms with Crippen LogP contribution in [0.4, 0.5) is 13.2 Å². The molecule has 1 fully saturated rings. The molecule has 0 bridgehead atoms. The largest absolute Gasteiger partial charge is 0.391 e. The number of nitrogens with zero attached hydrogens (tertiary/aromatic N) is 1. The first-order chi connectivity index (χ1) is 8.97. The lowest BCUT2D eigenvalue weighted by Crippen LogP contribution is -2.41. The molecular weight excluding hydrogens is 257 g/mol. The zero-order valence-electron chi connectivity index (χ0n) is 10.3. The van der Waals surface area contributed by atoms with Crippen molar-refractivity contribution in [1.29, 1.82) is 0 Å². The molecule has 1 amide bonds. The van der Waals surface area contributed by atoms with E-state index in [4.69, 9.17) is 0 Å². The van der Waals surface area contributed by atoms with Gasteiger partial charge in [0.1, 0.15) is 0 Å². The maximum Gasteiger partial charge on any atom is 0.391 e. The van der Waals surface area contributed by atoms with Crippen LogP contribution >= 0.6 is 0 Å². The van der Waals surface area contributed by atoms with Crippen molar-refractivity contribution in [3.63, 3.8) is 0 Å².